The predicted octanol–water partition coefficient (Wildman–Crippen LogP) is 1.52. The summed E-state index contributed by atoms with van der Waals surface area (Å²) in [5, 5.41) is 0. The van der Waals surface area contributed by atoms with E-state index in [0.717, 1.165) is 16.4 Å². The van der Waals surface area contributed by atoms with Crippen LogP contribution in [-0.4, -0.2) is 19.7 Å². The first-order chi connectivity index (χ1) is 5.88. The van der Waals surface area contributed by atoms with Crippen molar-refractivity contribution in [2.45, 2.75) is 6.92 Å². The maximum atomic E-state index is 10.8. The molecule has 0 aliphatic rings. The summed E-state index contributed by atoms with van der Waals surface area (Å²) in [6, 6.07) is 3.34. The lowest BCUT2D eigenvalue weighted by Crippen LogP contribution is -2.11. The Labute approximate surface area is 85.6 Å². The van der Waals surface area contributed by atoms with E-state index >= 15 is 0 Å². The molecule has 0 atom stereocenters. The van der Waals surface area contributed by atoms with Crippen LogP contribution in [0.5, 0.6) is 0 Å². The second kappa shape index (κ2) is 3.63. The van der Waals surface area contributed by atoms with Crippen molar-refractivity contribution in [3.05, 3.63) is 22.3 Å². The van der Waals surface area contributed by atoms with Crippen molar-refractivity contribution in [1.82, 2.24) is 4.98 Å². The van der Waals surface area contributed by atoms with Crippen LogP contribution in [-0.2, 0) is 10.0 Å². The van der Waals surface area contributed by atoms with E-state index in [-0.39, 0.29) is 0 Å². The first-order valence-corrected chi connectivity index (χ1v) is 6.18. The average Bonchev–Trinajstić information content (AvgIpc) is 1.94. The van der Waals surface area contributed by atoms with Gasteiger partial charge in [-0.3, -0.25) is 4.72 Å². The molecule has 0 fully saturated rings. The van der Waals surface area contributed by atoms with Crippen LogP contribution in [0.15, 0.2) is 16.6 Å². The highest BCUT2D eigenvalue weighted by Gasteiger charge is 2.03. The number of aryl methyl sites for hydroxylation is 1. The standard InChI is InChI=1S/C7H9BrN2O2S/c1-5-6(8)3-4-7(9-5)10-13(2,11)12/h3-4H,1-2H3,(H,9,10). The molecule has 0 spiro atoms. The number of sulfonamides is 1. The van der Waals surface area contributed by atoms with Gasteiger partial charge in [0, 0.05) is 4.47 Å². The van der Waals surface area contributed by atoms with Gasteiger partial charge in [0.25, 0.3) is 0 Å². The fraction of sp³-hybridized carbons (Fsp3) is 0.286. The van der Waals surface area contributed by atoms with Crippen LogP contribution in [0.4, 0.5) is 5.82 Å². The third-order valence-corrected chi connectivity index (χ3v) is 2.73. The van der Waals surface area contributed by atoms with Crippen LogP contribution in [0.25, 0.3) is 0 Å². The summed E-state index contributed by atoms with van der Waals surface area (Å²) in [6.45, 7) is 1.79. The molecule has 0 saturated carbocycles. The minimum absolute atomic E-state index is 0.336. The Bertz CT molecular complexity index is 417. The molecule has 0 saturated heterocycles. The van der Waals surface area contributed by atoms with E-state index in [4.69, 9.17) is 0 Å². The highest BCUT2D eigenvalue weighted by molar-refractivity contribution is 9.10. The van der Waals surface area contributed by atoms with E-state index in [0.29, 0.717) is 5.82 Å². The summed E-state index contributed by atoms with van der Waals surface area (Å²) in [6.07, 6.45) is 1.09. The number of hydrogen-bond acceptors (Lipinski definition) is 3. The van der Waals surface area contributed by atoms with Crippen molar-refractivity contribution < 1.29 is 8.42 Å². The number of hydrogen-bond donors (Lipinski definition) is 1. The number of nitrogens with one attached hydrogen (secondary N) is 1. The first-order valence-electron chi connectivity index (χ1n) is 3.49. The third kappa shape index (κ3) is 3.31. The molecule has 0 bridgehead atoms. The Hall–Kier alpha value is -0.620. The second-order valence-electron chi connectivity index (χ2n) is 2.64. The zero-order valence-corrected chi connectivity index (χ0v) is 9.61. The summed E-state index contributed by atoms with van der Waals surface area (Å²) >= 11 is 3.27. The first kappa shape index (κ1) is 10.5. The molecule has 0 aromatic carbocycles. The fourth-order valence-electron chi connectivity index (χ4n) is 0.791. The van der Waals surface area contributed by atoms with Crippen LogP contribution >= 0.6 is 15.9 Å². The summed E-state index contributed by atoms with van der Waals surface area (Å²) in [4.78, 5) is 4.02. The monoisotopic (exact) mass is 264 g/mol. The van der Waals surface area contributed by atoms with Crippen LogP contribution in [0.1, 0.15) is 5.69 Å². The van der Waals surface area contributed by atoms with Crippen LogP contribution in [0.2, 0.25) is 0 Å². The lowest BCUT2D eigenvalue weighted by atomic mass is 10.4. The van der Waals surface area contributed by atoms with E-state index in [1.807, 2.05) is 0 Å². The molecule has 1 aromatic heterocycles. The lowest BCUT2D eigenvalue weighted by molar-refractivity contribution is 0.606. The molecule has 0 radical (unpaired) electrons. The van der Waals surface area contributed by atoms with Crippen molar-refractivity contribution in [1.29, 1.82) is 0 Å². The van der Waals surface area contributed by atoms with Crippen molar-refractivity contribution in [2.75, 3.05) is 11.0 Å². The molecular formula is C7H9BrN2O2S. The number of rotatable bonds is 2. The van der Waals surface area contributed by atoms with E-state index < -0.39 is 10.0 Å². The minimum Gasteiger partial charge on any atom is -0.268 e. The minimum atomic E-state index is -3.23. The Balaban J connectivity index is 2.99. The molecule has 0 amide bonds. The molecule has 1 N–H and O–H groups in total. The topological polar surface area (TPSA) is 59.1 Å². The molecule has 0 aliphatic heterocycles. The average molecular weight is 265 g/mol. The molecule has 6 heteroatoms. The van der Waals surface area contributed by atoms with Crippen LogP contribution in [0, 0.1) is 6.92 Å². The predicted molar refractivity (Wildman–Crippen MR) is 55.1 cm³/mol. The second-order valence-corrected chi connectivity index (χ2v) is 5.24. The molecule has 1 heterocycles. The maximum absolute atomic E-state index is 10.8. The van der Waals surface area contributed by atoms with E-state index in [1.54, 1.807) is 19.1 Å². The largest absolute Gasteiger partial charge is 0.268 e. The normalized spacial score (nSPS) is 11.3. The third-order valence-electron chi connectivity index (χ3n) is 1.31. The van der Waals surface area contributed by atoms with Crippen molar-refractivity contribution >= 4 is 31.8 Å². The van der Waals surface area contributed by atoms with Gasteiger partial charge in [-0.05, 0) is 35.0 Å². The molecule has 13 heavy (non-hydrogen) atoms. The molecule has 1 aromatic rings. The Morgan fingerprint density at radius 3 is 2.54 bits per heavy atom. The van der Waals surface area contributed by atoms with Crippen molar-refractivity contribution in [3.63, 3.8) is 0 Å². The molecule has 1 rings (SSSR count). The molecule has 4 nitrogen and oxygen atoms in total. The summed E-state index contributed by atoms with van der Waals surface area (Å²) in [5.74, 6) is 0.336. The zero-order valence-electron chi connectivity index (χ0n) is 7.20. The van der Waals surface area contributed by atoms with Gasteiger partial charge in [-0.1, -0.05) is 0 Å². The maximum Gasteiger partial charge on any atom is 0.230 e. The number of anilines is 1. The SMILES string of the molecule is Cc1nc(NS(C)(=O)=O)ccc1Br. The summed E-state index contributed by atoms with van der Waals surface area (Å²) in [5.41, 5.74) is 0.744. The van der Waals surface area contributed by atoms with Crippen LogP contribution < -0.4 is 4.72 Å². The van der Waals surface area contributed by atoms with E-state index in [9.17, 15) is 8.42 Å². The number of nitrogens with zero attached hydrogens (tertiary/aromatic N) is 1. The summed E-state index contributed by atoms with van der Waals surface area (Å²) in [7, 11) is -3.23. The van der Waals surface area contributed by atoms with Gasteiger partial charge in [0.05, 0.1) is 11.9 Å². The fourth-order valence-corrected chi connectivity index (χ4v) is 1.51. The van der Waals surface area contributed by atoms with Crippen molar-refractivity contribution in [2.24, 2.45) is 0 Å². The zero-order chi connectivity index (χ0) is 10.1. The van der Waals surface area contributed by atoms with Crippen molar-refractivity contribution in [3.8, 4) is 0 Å². The van der Waals surface area contributed by atoms with Gasteiger partial charge in [0.2, 0.25) is 10.0 Å². The molecule has 0 aliphatic carbocycles. The molecule has 72 valence electrons. The number of halogens is 1. The number of aromatic nitrogens is 1. The Morgan fingerprint density at radius 2 is 2.08 bits per heavy atom. The van der Waals surface area contributed by atoms with Gasteiger partial charge in [0.15, 0.2) is 0 Å². The van der Waals surface area contributed by atoms with Gasteiger partial charge in [0.1, 0.15) is 5.82 Å². The van der Waals surface area contributed by atoms with Crippen LogP contribution in [0.3, 0.4) is 0 Å². The highest BCUT2D eigenvalue weighted by atomic mass is 79.9. The van der Waals surface area contributed by atoms with Gasteiger partial charge in [-0.2, -0.15) is 0 Å². The quantitative estimate of drug-likeness (QED) is 0.882. The summed E-state index contributed by atoms with van der Waals surface area (Å²) < 4.78 is 24.8. The Morgan fingerprint density at radius 1 is 1.46 bits per heavy atom. The van der Waals surface area contributed by atoms with E-state index in [2.05, 4.69) is 25.6 Å². The van der Waals surface area contributed by atoms with Gasteiger partial charge in [-0.15, -0.1) is 0 Å². The van der Waals surface area contributed by atoms with Gasteiger partial charge in [-0.25, -0.2) is 13.4 Å². The van der Waals surface area contributed by atoms with Gasteiger partial charge >= 0.3 is 0 Å². The molecule has 0 unspecified atom stereocenters. The highest BCUT2D eigenvalue weighted by Crippen LogP contribution is 2.16. The lowest BCUT2D eigenvalue weighted by Gasteiger charge is -2.04. The van der Waals surface area contributed by atoms with Gasteiger partial charge < -0.3 is 0 Å². The smallest absolute Gasteiger partial charge is 0.230 e. The van der Waals surface area contributed by atoms with E-state index in [1.165, 1.54) is 0 Å². The Kier molecular flexibility index (Phi) is 2.92. The number of pyridine rings is 1. The molecular weight excluding hydrogens is 256 g/mol.